The fourth-order valence-corrected chi connectivity index (χ4v) is 3.60. The molecule has 0 amide bonds. The molecule has 0 spiro atoms. The molecule has 4 rings (SSSR count). The number of rotatable bonds is 5. The van der Waals surface area contributed by atoms with Crippen LogP contribution in [0.4, 0.5) is 23.1 Å². The summed E-state index contributed by atoms with van der Waals surface area (Å²) in [5.74, 6) is 2.38. The zero-order chi connectivity index (χ0) is 18.6. The highest BCUT2D eigenvalue weighted by molar-refractivity contribution is 7.99. The van der Waals surface area contributed by atoms with Crippen LogP contribution in [0.25, 0.3) is 0 Å². The van der Waals surface area contributed by atoms with Gasteiger partial charge in [-0.1, -0.05) is 0 Å². The highest BCUT2D eigenvalue weighted by atomic mass is 32.2. The number of benzene rings is 1. The number of hydrogen-bond donors (Lipinski definition) is 4. The van der Waals surface area contributed by atoms with Crippen LogP contribution in [0.2, 0.25) is 0 Å². The molecule has 3 heterocycles. The molecule has 0 aliphatic carbocycles. The Hall–Kier alpha value is -2.78. The lowest BCUT2D eigenvalue weighted by atomic mass is 10.3. The molecule has 1 aromatic carbocycles. The number of anilines is 4. The van der Waals surface area contributed by atoms with Gasteiger partial charge in [-0.3, -0.25) is 5.10 Å². The highest BCUT2D eigenvalue weighted by Gasteiger charge is 2.15. The summed E-state index contributed by atoms with van der Waals surface area (Å²) >= 11 is 1.52. The first-order valence-corrected chi connectivity index (χ1v) is 9.64. The van der Waals surface area contributed by atoms with E-state index in [2.05, 4.69) is 30.7 Å². The third-order valence-corrected chi connectivity index (χ3v) is 5.06. The minimum atomic E-state index is 0.686. The average molecular weight is 382 g/mol. The second-order valence-electron chi connectivity index (χ2n) is 6.36. The SMILES string of the molecule is Cc1cc(Nc2cc(N3CCNCC3)nc(Sc3ccc(N)cc3)n2)n[nH]1. The lowest BCUT2D eigenvalue weighted by Crippen LogP contribution is -2.44. The van der Waals surface area contributed by atoms with E-state index in [0.717, 1.165) is 59.9 Å². The van der Waals surface area contributed by atoms with Crippen LogP contribution in [0.5, 0.6) is 0 Å². The first-order valence-electron chi connectivity index (χ1n) is 8.83. The number of nitrogens with one attached hydrogen (secondary N) is 3. The molecule has 0 unspecified atom stereocenters. The van der Waals surface area contributed by atoms with Crippen molar-refractivity contribution in [1.82, 2.24) is 25.5 Å². The Morgan fingerprint density at radius 2 is 1.85 bits per heavy atom. The Labute approximate surface area is 162 Å². The highest BCUT2D eigenvalue weighted by Crippen LogP contribution is 2.29. The van der Waals surface area contributed by atoms with Crippen LogP contribution in [0.1, 0.15) is 5.69 Å². The van der Waals surface area contributed by atoms with E-state index in [1.54, 1.807) is 0 Å². The zero-order valence-corrected chi connectivity index (χ0v) is 15.9. The fraction of sp³-hybridized carbons (Fsp3) is 0.278. The van der Waals surface area contributed by atoms with Crippen molar-refractivity contribution in [2.45, 2.75) is 17.0 Å². The second kappa shape index (κ2) is 7.85. The molecule has 0 bridgehead atoms. The quantitative estimate of drug-likeness (QED) is 0.394. The maximum absolute atomic E-state index is 5.78. The molecular weight excluding hydrogens is 360 g/mol. The minimum Gasteiger partial charge on any atom is -0.399 e. The molecular formula is C18H22N8S. The molecule has 1 fully saturated rings. The summed E-state index contributed by atoms with van der Waals surface area (Å²) < 4.78 is 0. The van der Waals surface area contributed by atoms with Crippen LogP contribution in [0.3, 0.4) is 0 Å². The average Bonchev–Trinajstić information content (AvgIpc) is 3.09. The predicted molar refractivity (Wildman–Crippen MR) is 109 cm³/mol. The lowest BCUT2D eigenvalue weighted by Gasteiger charge is -2.28. The van der Waals surface area contributed by atoms with Gasteiger partial charge in [-0.15, -0.1) is 0 Å². The first kappa shape index (κ1) is 17.6. The number of nitrogens with two attached hydrogens (primary N) is 1. The van der Waals surface area contributed by atoms with E-state index in [9.17, 15) is 0 Å². The first-order chi connectivity index (χ1) is 13.2. The smallest absolute Gasteiger partial charge is 0.196 e. The van der Waals surface area contributed by atoms with Crippen molar-refractivity contribution in [1.29, 1.82) is 0 Å². The molecule has 1 aliphatic rings. The molecule has 0 atom stereocenters. The summed E-state index contributed by atoms with van der Waals surface area (Å²) in [5, 5.41) is 14.5. The van der Waals surface area contributed by atoms with Crippen molar-refractivity contribution in [3.8, 4) is 0 Å². The van der Waals surface area contributed by atoms with Crippen molar-refractivity contribution in [2.75, 3.05) is 42.1 Å². The van der Waals surface area contributed by atoms with Crippen LogP contribution >= 0.6 is 11.8 Å². The molecule has 1 saturated heterocycles. The molecule has 140 valence electrons. The fourth-order valence-electron chi connectivity index (χ4n) is 2.83. The van der Waals surface area contributed by atoms with Gasteiger partial charge in [0, 0.05) is 54.6 Å². The Balaban J connectivity index is 1.63. The number of nitrogens with zero attached hydrogens (tertiary/aromatic N) is 4. The van der Waals surface area contributed by atoms with Gasteiger partial charge < -0.3 is 21.3 Å². The van der Waals surface area contributed by atoms with E-state index in [4.69, 9.17) is 10.7 Å². The normalized spacial score (nSPS) is 14.3. The number of aromatic amines is 1. The van der Waals surface area contributed by atoms with E-state index < -0.39 is 0 Å². The molecule has 2 aromatic heterocycles. The standard InChI is InChI=1S/C18H22N8S/c1-12-10-16(25-24-12)21-15-11-17(26-8-6-20-7-9-26)23-18(22-15)27-14-4-2-13(19)3-5-14/h2-5,10-11,20H,6-9,19H2,1H3,(H2,21,22,23,24,25). The van der Waals surface area contributed by atoms with Gasteiger partial charge >= 0.3 is 0 Å². The third kappa shape index (κ3) is 4.50. The van der Waals surface area contributed by atoms with Crippen LogP contribution in [0, 0.1) is 6.92 Å². The van der Waals surface area contributed by atoms with Crippen LogP contribution in [-0.2, 0) is 0 Å². The maximum Gasteiger partial charge on any atom is 0.196 e. The van der Waals surface area contributed by atoms with Gasteiger partial charge in [0.1, 0.15) is 11.6 Å². The minimum absolute atomic E-state index is 0.686. The van der Waals surface area contributed by atoms with E-state index in [1.807, 2.05) is 43.3 Å². The molecule has 0 radical (unpaired) electrons. The van der Waals surface area contributed by atoms with Crippen molar-refractivity contribution in [3.05, 3.63) is 42.1 Å². The number of hydrogen-bond acceptors (Lipinski definition) is 8. The Kier molecular flexibility index (Phi) is 5.12. The van der Waals surface area contributed by atoms with Gasteiger partial charge in [-0.2, -0.15) is 5.10 Å². The molecule has 3 aromatic rings. The predicted octanol–water partition coefficient (Wildman–Crippen LogP) is 2.39. The topological polar surface area (TPSA) is 108 Å². The largest absolute Gasteiger partial charge is 0.399 e. The summed E-state index contributed by atoms with van der Waals surface area (Å²) in [5.41, 5.74) is 7.51. The van der Waals surface area contributed by atoms with Gasteiger partial charge in [0.15, 0.2) is 11.0 Å². The van der Waals surface area contributed by atoms with E-state index >= 15 is 0 Å². The molecule has 1 aliphatic heterocycles. The maximum atomic E-state index is 5.78. The van der Waals surface area contributed by atoms with Gasteiger partial charge in [0.05, 0.1) is 0 Å². The summed E-state index contributed by atoms with van der Waals surface area (Å²) in [6, 6.07) is 11.6. The van der Waals surface area contributed by atoms with Gasteiger partial charge in [-0.05, 0) is 43.0 Å². The van der Waals surface area contributed by atoms with Crippen LogP contribution in [-0.4, -0.2) is 46.3 Å². The number of H-pyrrole nitrogens is 1. The number of aryl methyl sites for hydroxylation is 1. The van der Waals surface area contributed by atoms with Crippen molar-refractivity contribution in [2.24, 2.45) is 0 Å². The number of nitrogen functional groups attached to an aromatic ring is 1. The number of aromatic nitrogens is 4. The monoisotopic (exact) mass is 382 g/mol. The molecule has 5 N–H and O–H groups in total. The Bertz CT molecular complexity index is 902. The Morgan fingerprint density at radius 3 is 2.56 bits per heavy atom. The third-order valence-electron chi connectivity index (χ3n) is 4.18. The summed E-state index contributed by atoms with van der Waals surface area (Å²) in [4.78, 5) is 12.8. The summed E-state index contributed by atoms with van der Waals surface area (Å²) in [7, 11) is 0. The van der Waals surface area contributed by atoms with Crippen LogP contribution in [0.15, 0.2) is 46.5 Å². The molecule has 9 heteroatoms. The second-order valence-corrected chi connectivity index (χ2v) is 7.40. The van der Waals surface area contributed by atoms with E-state index in [1.165, 1.54) is 11.8 Å². The van der Waals surface area contributed by atoms with Gasteiger partial charge in [0.2, 0.25) is 0 Å². The molecule has 8 nitrogen and oxygen atoms in total. The number of piperazine rings is 1. The summed E-state index contributed by atoms with van der Waals surface area (Å²) in [6.07, 6.45) is 0. The van der Waals surface area contributed by atoms with Crippen molar-refractivity contribution >= 4 is 34.9 Å². The molecule has 27 heavy (non-hydrogen) atoms. The van der Waals surface area contributed by atoms with E-state index in [0.29, 0.717) is 5.16 Å². The van der Waals surface area contributed by atoms with Crippen molar-refractivity contribution < 1.29 is 0 Å². The van der Waals surface area contributed by atoms with Gasteiger partial charge in [0.25, 0.3) is 0 Å². The van der Waals surface area contributed by atoms with Crippen molar-refractivity contribution in [3.63, 3.8) is 0 Å². The van der Waals surface area contributed by atoms with Crippen LogP contribution < -0.4 is 21.3 Å². The molecule has 0 saturated carbocycles. The summed E-state index contributed by atoms with van der Waals surface area (Å²) in [6.45, 7) is 5.71. The lowest BCUT2D eigenvalue weighted by molar-refractivity contribution is 0.583. The zero-order valence-electron chi connectivity index (χ0n) is 15.1. The van der Waals surface area contributed by atoms with E-state index in [-0.39, 0.29) is 0 Å². The van der Waals surface area contributed by atoms with Gasteiger partial charge in [-0.25, -0.2) is 9.97 Å². The Morgan fingerprint density at radius 1 is 1.07 bits per heavy atom.